The van der Waals surface area contributed by atoms with Gasteiger partial charge in [0.25, 0.3) is 0 Å². The predicted octanol–water partition coefficient (Wildman–Crippen LogP) is 7.05. The molecule has 0 saturated heterocycles. The SMILES string of the molecule is Cc1ccc(S(=O)(=O)N[C@H](C2=CCC(c3ccccc3)(c3ccccc3)C2=O)c2ccc3ccccc3c2)cc1. The zero-order valence-electron chi connectivity index (χ0n) is 22.1. The number of allylic oxidation sites excluding steroid dienone is 1. The number of sulfonamides is 1. The Bertz CT molecular complexity index is 1790. The largest absolute Gasteiger partial charge is 0.293 e. The molecule has 0 amide bonds. The summed E-state index contributed by atoms with van der Waals surface area (Å²) in [5.74, 6) is -0.102. The van der Waals surface area contributed by atoms with Gasteiger partial charge in [0, 0.05) is 5.57 Å². The first-order valence-electron chi connectivity index (χ1n) is 13.3. The summed E-state index contributed by atoms with van der Waals surface area (Å²) in [5.41, 5.74) is 2.95. The number of benzene rings is 5. The molecule has 0 aliphatic heterocycles. The van der Waals surface area contributed by atoms with Gasteiger partial charge in [-0.1, -0.05) is 121 Å². The maximum absolute atomic E-state index is 14.7. The minimum atomic E-state index is -3.95. The molecule has 5 heteroatoms. The van der Waals surface area contributed by atoms with Gasteiger partial charge in [-0.3, -0.25) is 4.79 Å². The standard InChI is InChI=1S/C35H29NO3S/c1-25-16-20-31(21-17-25)40(38,39)36-33(28-19-18-26-10-8-9-11-27(26)24-28)32-22-23-35(34(32)37,29-12-4-2-5-13-29)30-14-6-3-7-15-30/h2-22,24,33,36H,23H2,1H3/t33-/m0/s1. The summed E-state index contributed by atoms with van der Waals surface area (Å²) in [7, 11) is -3.95. The van der Waals surface area contributed by atoms with E-state index >= 15 is 0 Å². The van der Waals surface area contributed by atoms with Crippen LogP contribution < -0.4 is 4.72 Å². The van der Waals surface area contributed by atoms with Gasteiger partial charge >= 0.3 is 0 Å². The minimum Gasteiger partial charge on any atom is -0.293 e. The van der Waals surface area contributed by atoms with E-state index in [4.69, 9.17) is 0 Å². The van der Waals surface area contributed by atoms with E-state index in [1.54, 1.807) is 24.3 Å². The molecule has 5 aromatic carbocycles. The van der Waals surface area contributed by atoms with E-state index in [2.05, 4.69) is 4.72 Å². The van der Waals surface area contributed by atoms with Crippen molar-refractivity contribution in [3.63, 3.8) is 0 Å². The zero-order valence-corrected chi connectivity index (χ0v) is 22.9. The van der Waals surface area contributed by atoms with Crippen LogP contribution in [0.3, 0.4) is 0 Å². The third kappa shape index (κ3) is 4.57. The van der Waals surface area contributed by atoms with Gasteiger partial charge < -0.3 is 0 Å². The lowest BCUT2D eigenvalue weighted by atomic mass is 9.70. The fourth-order valence-electron chi connectivity index (χ4n) is 5.69. The Morgan fingerprint density at radius 1 is 0.700 bits per heavy atom. The van der Waals surface area contributed by atoms with E-state index in [0.717, 1.165) is 27.5 Å². The summed E-state index contributed by atoms with van der Waals surface area (Å²) in [6.07, 6.45) is 2.35. The number of hydrogen-bond donors (Lipinski definition) is 1. The molecule has 6 rings (SSSR count). The predicted molar refractivity (Wildman–Crippen MR) is 160 cm³/mol. The van der Waals surface area contributed by atoms with E-state index in [0.29, 0.717) is 17.6 Å². The number of carbonyl (C=O) groups excluding carboxylic acids is 1. The van der Waals surface area contributed by atoms with Crippen LogP contribution in [0.2, 0.25) is 0 Å². The first-order chi connectivity index (χ1) is 19.4. The molecule has 0 aromatic heterocycles. The van der Waals surface area contributed by atoms with Crippen LogP contribution in [-0.4, -0.2) is 14.2 Å². The van der Waals surface area contributed by atoms with Crippen LogP contribution in [0.4, 0.5) is 0 Å². The Hall–Kier alpha value is -4.32. The summed E-state index contributed by atoms with van der Waals surface area (Å²) >= 11 is 0. The molecule has 0 heterocycles. The Kier molecular flexibility index (Phi) is 6.70. The van der Waals surface area contributed by atoms with Crippen LogP contribution in [0, 0.1) is 6.92 Å². The highest BCUT2D eigenvalue weighted by Gasteiger charge is 2.48. The summed E-state index contributed by atoms with van der Waals surface area (Å²) in [4.78, 5) is 14.8. The highest BCUT2D eigenvalue weighted by atomic mass is 32.2. The number of nitrogens with one attached hydrogen (secondary N) is 1. The fraction of sp³-hybridized carbons (Fsp3) is 0.114. The van der Waals surface area contributed by atoms with E-state index in [1.165, 1.54) is 0 Å². The Morgan fingerprint density at radius 3 is 1.90 bits per heavy atom. The topological polar surface area (TPSA) is 63.2 Å². The molecule has 0 fully saturated rings. The first-order valence-corrected chi connectivity index (χ1v) is 14.8. The highest BCUT2D eigenvalue weighted by molar-refractivity contribution is 7.89. The molecule has 0 spiro atoms. The van der Waals surface area contributed by atoms with Crippen molar-refractivity contribution in [2.45, 2.75) is 29.7 Å². The molecule has 1 aliphatic rings. The van der Waals surface area contributed by atoms with Crippen molar-refractivity contribution >= 4 is 26.6 Å². The van der Waals surface area contributed by atoms with Crippen LogP contribution in [0.25, 0.3) is 10.8 Å². The first kappa shape index (κ1) is 25.9. The average Bonchev–Trinajstić information content (AvgIpc) is 3.34. The number of rotatable bonds is 7. The third-order valence-corrected chi connectivity index (χ3v) is 9.27. The molecule has 4 nitrogen and oxygen atoms in total. The molecule has 1 N–H and O–H groups in total. The molecular weight excluding hydrogens is 514 g/mol. The number of carbonyl (C=O) groups is 1. The molecule has 198 valence electrons. The number of fused-ring (bicyclic) bond motifs is 1. The summed E-state index contributed by atoms with van der Waals surface area (Å²) in [6, 6.07) is 39.2. The van der Waals surface area contributed by atoms with Gasteiger partial charge in [0.15, 0.2) is 5.78 Å². The van der Waals surface area contributed by atoms with Crippen molar-refractivity contribution < 1.29 is 13.2 Å². The van der Waals surface area contributed by atoms with Gasteiger partial charge in [-0.25, -0.2) is 8.42 Å². The second-order valence-electron chi connectivity index (χ2n) is 10.3. The van der Waals surface area contributed by atoms with E-state index in [-0.39, 0.29) is 10.7 Å². The van der Waals surface area contributed by atoms with Crippen LogP contribution in [0.1, 0.15) is 34.7 Å². The molecule has 0 radical (unpaired) electrons. The third-order valence-electron chi connectivity index (χ3n) is 7.83. The Morgan fingerprint density at radius 2 is 1.27 bits per heavy atom. The zero-order chi connectivity index (χ0) is 27.7. The normalized spacial score (nSPS) is 15.6. The van der Waals surface area contributed by atoms with Crippen molar-refractivity contribution in [2.24, 2.45) is 0 Å². The molecule has 1 aliphatic carbocycles. The van der Waals surface area contributed by atoms with Crippen molar-refractivity contribution in [1.29, 1.82) is 0 Å². The molecular formula is C35H29NO3S. The van der Waals surface area contributed by atoms with Crippen molar-refractivity contribution in [3.8, 4) is 0 Å². The van der Waals surface area contributed by atoms with Crippen molar-refractivity contribution in [2.75, 3.05) is 0 Å². The average molecular weight is 544 g/mol. The van der Waals surface area contributed by atoms with Crippen LogP contribution in [0.15, 0.2) is 144 Å². The van der Waals surface area contributed by atoms with Gasteiger partial charge in [0.2, 0.25) is 10.0 Å². The molecule has 0 bridgehead atoms. The van der Waals surface area contributed by atoms with Gasteiger partial charge in [0.05, 0.1) is 16.4 Å². The monoisotopic (exact) mass is 543 g/mol. The molecule has 40 heavy (non-hydrogen) atoms. The van der Waals surface area contributed by atoms with Crippen LogP contribution in [0.5, 0.6) is 0 Å². The van der Waals surface area contributed by atoms with E-state index in [1.807, 2.05) is 116 Å². The van der Waals surface area contributed by atoms with Crippen molar-refractivity contribution in [3.05, 3.63) is 161 Å². The maximum Gasteiger partial charge on any atom is 0.241 e. The lowest BCUT2D eigenvalue weighted by molar-refractivity contribution is -0.119. The molecule has 0 saturated carbocycles. The quantitative estimate of drug-likeness (QED) is 0.239. The molecule has 0 unspecified atom stereocenters. The second kappa shape index (κ2) is 10.3. The molecule has 1 atom stereocenters. The lowest BCUT2D eigenvalue weighted by Crippen LogP contribution is -2.38. The van der Waals surface area contributed by atoms with Crippen LogP contribution >= 0.6 is 0 Å². The van der Waals surface area contributed by atoms with Gasteiger partial charge in [-0.15, -0.1) is 0 Å². The smallest absolute Gasteiger partial charge is 0.241 e. The Labute approximate surface area is 235 Å². The van der Waals surface area contributed by atoms with Gasteiger partial charge in [-0.2, -0.15) is 4.72 Å². The Balaban J connectivity index is 1.49. The van der Waals surface area contributed by atoms with E-state index in [9.17, 15) is 13.2 Å². The second-order valence-corrected chi connectivity index (χ2v) is 12.0. The number of hydrogen-bond acceptors (Lipinski definition) is 3. The summed E-state index contributed by atoms with van der Waals surface area (Å²) in [5, 5.41) is 2.02. The van der Waals surface area contributed by atoms with E-state index < -0.39 is 21.5 Å². The summed E-state index contributed by atoms with van der Waals surface area (Å²) in [6.45, 7) is 1.91. The van der Waals surface area contributed by atoms with Gasteiger partial charge in [0.1, 0.15) is 0 Å². The minimum absolute atomic E-state index is 0.102. The van der Waals surface area contributed by atoms with Crippen molar-refractivity contribution in [1.82, 2.24) is 4.72 Å². The number of Topliss-reactive ketones (excluding diaryl/α,β-unsaturated/α-hetero) is 1. The fourth-order valence-corrected chi connectivity index (χ4v) is 6.90. The lowest BCUT2D eigenvalue weighted by Gasteiger charge is -2.31. The van der Waals surface area contributed by atoms with Crippen LogP contribution in [-0.2, 0) is 20.2 Å². The number of aryl methyl sites for hydroxylation is 1. The van der Waals surface area contributed by atoms with Gasteiger partial charge in [-0.05, 0) is 59.0 Å². The maximum atomic E-state index is 14.7. The number of ketones is 1. The molecule has 5 aromatic rings. The summed E-state index contributed by atoms with van der Waals surface area (Å²) < 4.78 is 30.3. The highest BCUT2D eigenvalue weighted by Crippen LogP contribution is 2.46.